The summed E-state index contributed by atoms with van der Waals surface area (Å²) in [7, 11) is 0. The first kappa shape index (κ1) is 17.9. The van der Waals surface area contributed by atoms with Crippen LogP contribution in [0.25, 0.3) is 33.3 Å². The molecule has 0 amide bonds. The second kappa shape index (κ2) is 5.43. The fourth-order valence-corrected chi connectivity index (χ4v) is 6.81. The van der Waals surface area contributed by atoms with Crippen LogP contribution in [0.1, 0.15) is 36.1 Å². The zero-order valence-electron chi connectivity index (χ0n) is 16.7. The van der Waals surface area contributed by atoms with E-state index in [0.717, 1.165) is 27.6 Å². The Hall–Kier alpha value is -1.88. The first-order valence-corrected chi connectivity index (χ1v) is 11.5. The van der Waals surface area contributed by atoms with Gasteiger partial charge in [-0.2, -0.15) is 0 Å². The van der Waals surface area contributed by atoms with Crippen LogP contribution in [0.4, 0.5) is 0 Å². The van der Waals surface area contributed by atoms with Gasteiger partial charge in [-0.15, -0.1) is 5.46 Å². The van der Waals surface area contributed by atoms with Gasteiger partial charge in [0.1, 0.15) is 0 Å². The van der Waals surface area contributed by atoms with Crippen molar-refractivity contribution in [2.45, 2.75) is 33.1 Å². The average molecular weight is 437 g/mol. The molecule has 0 fully saturated rings. The van der Waals surface area contributed by atoms with E-state index in [1.165, 1.54) is 45.1 Å². The lowest BCUT2D eigenvalue weighted by Gasteiger charge is -2.33. The molecule has 0 atom stereocenters. The first-order chi connectivity index (χ1) is 13.7. The highest BCUT2D eigenvalue weighted by Gasteiger charge is 2.44. The number of fused-ring (bicyclic) bond motifs is 5. The standard InChI is InChI=1S/C23H19BCl2N2S/c1-12-5-7-14-16-11-20-17(10-19(16)23(3,4)18(14)9-12)15-8-6-13(2)21-22(15)28(29-27-21)24(20,25)26/h5-11H,1-4H3. The fourth-order valence-electron chi connectivity index (χ4n) is 5.14. The summed E-state index contributed by atoms with van der Waals surface area (Å²) in [5.41, 5.74) is 12.9. The molecular formula is C23H19BCl2N2S. The highest BCUT2D eigenvalue weighted by molar-refractivity contribution is 7.48. The van der Waals surface area contributed by atoms with Gasteiger partial charge in [0.25, 0.3) is 0 Å². The van der Waals surface area contributed by atoms with Crippen molar-refractivity contribution in [2.24, 2.45) is 0 Å². The molecule has 6 rings (SSSR count). The van der Waals surface area contributed by atoms with E-state index in [1.807, 2.05) is 3.87 Å². The minimum Gasteiger partial charge on any atom is -0.331 e. The maximum Gasteiger partial charge on any atom is 0.397 e. The summed E-state index contributed by atoms with van der Waals surface area (Å²) in [6, 6.07) is 15.6. The summed E-state index contributed by atoms with van der Waals surface area (Å²) in [6.45, 7) is 8.85. The quantitative estimate of drug-likeness (QED) is 0.325. The number of nitrogens with zero attached hydrogens (tertiary/aromatic N) is 2. The van der Waals surface area contributed by atoms with Gasteiger partial charge < -0.3 is 26.8 Å². The molecule has 1 aliphatic heterocycles. The topological polar surface area (TPSA) is 16.8 Å². The highest BCUT2D eigenvalue weighted by Crippen LogP contribution is 2.50. The van der Waals surface area contributed by atoms with Crippen LogP contribution in [-0.4, -0.2) is 9.49 Å². The summed E-state index contributed by atoms with van der Waals surface area (Å²) in [5, 5.41) is -1.97. The number of hydrogen-bond acceptors (Lipinski definition) is 2. The minimum absolute atomic E-state index is 0.0653. The molecule has 0 saturated heterocycles. The van der Waals surface area contributed by atoms with Crippen LogP contribution < -0.4 is 9.33 Å². The van der Waals surface area contributed by atoms with E-state index in [-0.39, 0.29) is 5.41 Å². The Kier molecular flexibility index (Phi) is 3.36. The van der Waals surface area contributed by atoms with E-state index >= 15 is 0 Å². The van der Waals surface area contributed by atoms with Gasteiger partial charge in [-0.05, 0) is 47.7 Å². The highest BCUT2D eigenvalue weighted by atomic mass is 35.5. The second-order valence-corrected chi connectivity index (χ2v) is 11.1. The maximum absolute atomic E-state index is 7.08. The summed E-state index contributed by atoms with van der Waals surface area (Å²) in [5.74, 6) is 0. The molecule has 6 heteroatoms. The lowest BCUT2D eigenvalue weighted by molar-refractivity contribution is -0.424. The molecule has 144 valence electrons. The summed E-state index contributed by atoms with van der Waals surface area (Å²) < 4.78 is 6.68. The van der Waals surface area contributed by atoms with Crippen molar-refractivity contribution in [3.8, 4) is 22.3 Å². The molecule has 29 heavy (non-hydrogen) atoms. The van der Waals surface area contributed by atoms with Gasteiger partial charge in [0.15, 0.2) is 5.52 Å². The van der Waals surface area contributed by atoms with Crippen LogP contribution in [0.15, 0.2) is 42.5 Å². The van der Waals surface area contributed by atoms with E-state index < -0.39 is 5.11 Å². The van der Waals surface area contributed by atoms with Gasteiger partial charge >= 0.3 is 5.11 Å². The van der Waals surface area contributed by atoms with Crippen molar-refractivity contribution in [3.63, 3.8) is 0 Å². The molecule has 2 aliphatic rings. The third-order valence-corrected chi connectivity index (χ3v) is 8.78. The Morgan fingerprint density at radius 3 is 2.41 bits per heavy atom. The van der Waals surface area contributed by atoms with E-state index in [9.17, 15) is 0 Å². The van der Waals surface area contributed by atoms with Crippen molar-refractivity contribution in [1.29, 1.82) is 0 Å². The SMILES string of the molecule is Cc1ccc2c(c1)C(C)(C)c1cc3c(cc1-2)[B-](Cl)(Cl)[n+]1snc2c(C)ccc-3c21. The molecule has 0 N–H and O–H groups in total. The minimum atomic E-state index is -1.97. The van der Waals surface area contributed by atoms with Crippen molar-refractivity contribution in [3.05, 3.63) is 64.7 Å². The Morgan fingerprint density at radius 2 is 1.62 bits per heavy atom. The Morgan fingerprint density at radius 1 is 0.897 bits per heavy atom. The molecule has 2 nitrogen and oxygen atoms in total. The van der Waals surface area contributed by atoms with E-state index in [1.54, 1.807) is 0 Å². The molecule has 3 aromatic carbocycles. The molecule has 4 aromatic rings. The number of halogens is 2. The van der Waals surface area contributed by atoms with Crippen molar-refractivity contribution in [2.75, 3.05) is 0 Å². The van der Waals surface area contributed by atoms with E-state index in [2.05, 4.69) is 74.5 Å². The fraction of sp³-hybridized carbons (Fsp3) is 0.217. The van der Waals surface area contributed by atoms with Crippen LogP contribution >= 0.6 is 34.6 Å². The van der Waals surface area contributed by atoms with Crippen molar-refractivity contribution in [1.82, 2.24) is 4.37 Å². The predicted octanol–water partition coefficient (Wildman–Crippen LogP) is 5.66. The van der Waals surface area contributed by atoms with Gasteiger partial charge in [0.2, 0.25) is 17.2 Å². The third kappa shape index (κ3) is 2.10. The van der Waals surface area contributed by atoms with Crippen LogP contribution in [0.2, 0.25) is 0 Å². The first-order valence-electron chi connectivity index (χ1n) is 9.85. The van der Waals surface area contributed by atoms with Crippen LogP contribution in [0.5, 0.6) is 0 Å². The smallest absolute Gasteiger partial charge is 0.331 e. The van der Waals surface area contributed by atoms with E-state index in [4.69, 9.17) is 22.9 Å². The molecular weight excluding hydrogens is 418 g/mol. The maximum atomic E-state index is 7.08. The number of hydrogen-bond donors (Lipinski definition) is 0. The molecule has 1 aromatic heterocycles. The normalized spacial score (nSPS) is 17.2. The zero-order chi connectivity index (χ0) is 20.3. The number of aryl methyl sites for hydroxylation is 2. The Labute approximate surface area is 184 Å². The number of rotatable bonds is 0. The number of benzene rings is 3. The summed E-state index contributed by atoms with van der Waals surface area (Å²) >= 11 is 15.5. The predicted molar refractivity (Wildman–Crippen MR) is 125 cm³/mol. The Bertz CT molecular complexity index is 1390. The monoisotopic (exact) mass is 436 g/mol. The van der Waals surface area contributed by atoms with Crippen molar-refractivity contribution < 1.29 is 3.87 Å². The lowest BCUT2D eigenvalue weighted by Crippen LogP contribution is -2.65. The molecule has 0 bridgehead atoms. The zero-order valence-corrected chi connectivity index (χ0v) is 19.0. The van der Waals surface area contributed by atoms with Gasteiger partial charge in [-0.25, -0.2) is 0 Å². The van der Waals surface area contributed by atoms with Gasteiger partial charge in [0.05, 0.1) is 0 Å². The average Bonchev–Trinajstić information content (AvgIpc) is 3.21. The van der Waals surface area contributed by atoms with Gasteiger partial charge in [-0.1, -0.05) is 55.8 Å². The lowest BCUT2D eigenvalue weighted by atomic mass is 9.69. The van der Waals surface area contributed by atoms with Crippen LogP contribution in [-0.2, 0) is 5.41 Å². The second-order valence-electron chi connectivity index (χ2n) is 8.91. The largest absolute Gasteiger partial charge is 0.397 e. The summed E-state index contributed by atoms with van der Waals surface area (Å²) in [4.78, 5) is 0. The van der Waals surface area contributed by atoms with Gasteiger partial charge in [0, 0.05) is 20.9 Å². The third-order valence-electron chi connectivity index (χ3n) is 6.75. The van der Waals surface area contributed by atoms with E-state index in [0.29, 0.717) is 0 Å². The molecule has 2 heterocycles. The van der Waals surface area contributed by atoms with Crippen LogP contribution in [0.3, 0.4) is 0 Å². The van der Waals surface area contributed by atoms with Gasteiger partial charge in [-0.3, -0.25) is 0 Å². The molecule has 0 radical (unpaired) electrons. The molecule has 0 spiro atoms. The van der Waals surface area contributed by atoms with Crippen molar-refractivity contribution >= 4 is 56.3 Å². The molecule has 1 aliphatic carbocycles. The molecule has 0 unspecified atom stereocenters. The summed E-state index contributed by atoms with van der Waals surface area (Å²) in [6.07, 6.45) is 0. The molecule has 0 saturated carbocycles. The van der Waals surface area contributed by atoms with Crippen LogP contribution in [0, 0.1) is 13.8 Å². The Balaban J connectivity index is 1.74. The number of aromatic nitrogens is 2.